The summed E-state index contributed by atoms with van der Waals surface area (Å²) < 4.78 is 54.4. The van der Waals surface area contributed by atoms with Gasteiger partial charge in [0.2, 0.25) is 21.8 Å². The average molecular weight is 639 g/mol. The maximum atomic E-state index is 14.1. The van der Waals surface area contributed by atoms with Crippen LogP contribution in [-0.4, -0.2) is 126 Å². The molecule has 43 heavy (non-hydrogen) atoms. The van der Waals surface area contributed by atoms with Gasteiger partial charge in [0, 0.05) is 50.2 Å². The fourth-order valence-electron chi connectivity index (χ4n) is 6.37. The van der Waals surface area contributed by atoms with E-state index in [0.29, 0.717) is 26.1 Å². The summed E-state index contributed by atoms with van der Waals surface area (Å²) in [5.41, 5.74) is 0. The van der Waals surface area contributed by atoms with Crippen LogP contribution in [0.1, 0.15) is 17.7 Å². The number of carbonyl (C=O) groups is 2. The number of hydrogen-bond acceptors (Lipinski definition) is 10. The monoisotopic (exact) mass is 638 g/mol. The van der Waals surface area contributed by atoms with Gasteiger partial charge >= 0.3 is 0 Å². The van der Waals surface area contributed by atoms with E-state index in [4.69, 9.17) is 9.47 Å². The van der Waals surface area contributed by atoms with Gasteiger partial charge in [0.25, 0.3) is 0 Å². The van der Waals surface area contributed by atoms with Gasteiger partial charge in [-0.05, 0) is 36.1 Å². The first-order valence-electron chi connectivity index (χ1n) is 14.3. The third kappa shape index (κ3) is 6.49. The molecule has 1 aromatic heterocycles. The SMILES string of the molecule is O=C1C[C@@H]2O[C@H](CN(S(=O)(=O)c3cccc(F)c3)C[C@@H]3CN(CCO3)C(=O)[C@@H]3C[C@@H](CN3Cc3cccs3)N1)[C@@H](O)[C@H]2O. The molecule has 0 saturated carbocycles. The Balaban J connectivity index is 1.32. The molecule has 234 valence electrons. The van der Waals surface area contributed by atoms with Gasteiger partial charge in [-0.15, -0.1) is 11.3 Å². The van der Waals surface area contributed by atoms with Gasteiger partial charge in [-0.1, -0.05) is 12.1 Å². The van der Waals surface area contributed by atoms with E-state index < -0.39 is 58.3 Å². The van der Waals surface area contributed by atoms with Crippen LogP contribution in [0.15, 0.2) is 46.7 Å². The van der Waals surface area contributed by atoms with Crippen molar-refractivity contribution in [1.82, 2.24) is 19.4 Å². The van der Waals surface area contributed by atoms with Crippen LogP contribution in [0.25, 0.3) is 0 Å². The molecular weight excluding hydrogens is 603 g/mol. The van der Waals surface area contributed by atoms with E-state index >= 15 is 0 Å². The van der Waals surface area contributed by atoms with E-state index in [2.05, 4.69) is 5.32 Å². The van der Waals surface area contributed by atoms with Gasteiger partial charge in [-0.2, -0.15) is 4.31 Å². The number of aliphatic hydroxyl groups is 2. The standard InChI is InChI=1S/C28H35FN4O8S2/c29-17-3-1-5-21(9-17)43(38,39)33-14-19-13-31(6-7-40-19)28(37)22-10-18(12-32(22)15-20-4-2-8-42-20)30-25(34)11-23-26(35)27(36)24(16-33)41-23/h1-5,8-9,18-19,22-24,26-27,35-36H,6-7,10-16H2,(H,30,34)/t18-,19-,22-,23-,24+,26-,27+/m0/s1. The Morgan fingerprint density at radius 3 is 2.63 bits per heavy atom. The molecule has 4 fully saturated rings. The number of likely N-dealkylation sites (tertiary alicyclic amines) is 1. The third-order valence-electron chi connectivity index (χ3n) is 8.52. The first kappa shape index (κ1) is 30.5. The molecule has 2 aromatic rings. The second kappa shape index (κ2) is 12.5. The second-order valence-corrected chi connectivity index (χ2v) is 14.4. The number of ether oxygens (including phenoxy) is 2. The molecule has 7 atom stereocenters. The molecular formula is C28H35FN4O8S2. The van der Waals surface area contributed by atoms with Crippen LogP contribution in [-0.2, 0) is 35.6 Å². The van der Waals surface area contributed by atoms with Gasteiger partial charge in [0.1, 0.15) is 24.1 Å². The first-order valence-corrected chi connectivity index (χ1v) is 16.6. The van der Waals surface area contributed by atoms with Crippen molar-refractivity contribution in [3.63, 3.8) is 0 Å². The lowest BCUT2D eigenvalue weighted by Crippen LogP contribution is -2.55. The van der Waals surface area contributed by atoms with Gasteiger partial charge < -0.3 is 29.9 Å². The molecule has 3 N–H and O–H groups in total. The largest absolute Gasteiger partial charge is 0.388 e. The van der Waals surface area contributed by atoms with Crippen LogP contribution in [0, 0.1) is 5.82 Å². The molecule has 4 saturated heterocycles. The Morgan fingerprint density at radius 1 is 1.05 bits per heavy atom. The lowest BCUT2D eigenvalue weighted by Gasteiger charge is -2.38. The lowest BCUT2D eigenvalue weighted by atomic mass is 10.0. The van der Waals surface area contributed by atoms with Gasteiger partial charge in [-0.3, -0.25) is 14.5 Å². The molecule has 0 unspecified atom stereocenters. The molecule has 0 aliphatic carbocycles. The topological polar surface area (TPSA) is 149 Å². The Hall–Kier alpha value is -2.50. The molecule has 4 aliphatic heterocycles. The number of hydrogen-bond donors (Lipinski definition) is 3. The van der Waals surface area contributed by atoms with Crippen LogP contribution in [0.4, 0.5) is 4.39 Å². The second-order valence-electron chi connectivity index (χ2n) is 11.5. The fraction of sp³-hybridized carbons (Fsp3) is 0.571. The number of aliphatic hydroxyl groups excluding tert-OH is 2. The maximum Gasteiger partial charge on any atom is 0.243 e. The number of carbonyl (C=O) groups excluding carboxylic acids is 2. The molecule has 15 heteroatoms. The average Bonchev–Trinajstić information content (AvgIpc) is 3.69. The Bertz CT molecular complexity index is 1430. The zero-order valence-corrected chi connectivity index (χ0v) is 25.0. The van der Waals surface area contributed by atoms with Crippen molar-refractivity contribution in [3.8, 4) is 0 Å². The van der Waals surface area contributed by atoms with Crippen molar-refractivity contribution in [2.24, 2.45) is 0 Å². The highest BCUT2D eigenvalue weighted by molar-refractivity contribution is 7.89. The van der Waals surface area contributed by atoms with E-state index in [1.807, 2.05) is 22.4 Å². The van der Waals surface area contributed by atoms with E-state index in [9.17, 15) is 32.6 Å². The van der Waals surface area contributed by atoms with Crippen LogP contribution in [0.5, 0.6) is 0 Å². The minimum absolute atomic E-state index is 0.119. The first-order chi connectivity index (χ1) is 20.6. The van der Waals surface area contributed by atoms with Crippen molar-refractivity contribution in [1.29, 1.82) is 0 Å². The van der Waals surface area contributed by atoms with Crippen LogP contribution in [0.2, 0.25) is 0 Å². The summed E-state index contributed by atoms with van der Waals surface area (Å²) >= 11 is 1.58. The molecule has 6 rings (SSSR count). The molecule has 1 aromatic carbocycles. The number of sulfonamides is 1. The summed E-state index contributed by atoms with van der Waals surface area (Å²) in [5.74, 6) is -1.27. The molecule has 5 heterocycles. The number of morpholine rings is 1. The van der Waals surface area contributed by atoms with Crippen LogP contribution < -0.4 is 5.32 Å². The van der Waals surface area contributed by atoms with Crippen molar-refractivity contribution < 1.29 is 42.1 Å². The molecule has 6 bridgehead atoms. The third-order valence-corrected chi connectivity index (χ3v) is 11.2. The zero-order chi connectivity index (χ0) is 30.3. The predicted molar refractivity (Wildman–Crippen MR) is 152 cm³/mol. The molecule has 0 spiro atoms. The van der Waals surface area contributed by atoms with Gasteiger partial charge in [-0.25, -0.2) is 12.8 Å². The van der Waals surface area contributed by atoms with E-state index in [-0.39, 0.29) is 49.5 Å². The number of rotatable bonds is 4. The normalized spacial score (nSPS) is 33.1. The summed E-state index contributed by atoms with van der Waals surface area (Å²) in [5, 5.41) is 26.5. The zero-order valence-electron chi connectivity index (χ0n) is 23.3. The highest BCUT2D eigenvalue weighted by Gasteiger charge is 2.47. The van der Waals surface area contributed by atoms with Gasteiger partial charge in [0.15, 0.2) is 0 Å². The molecule has 4 aliphatic rings. The number of fused-ring (bicyclic) bond motifs is 6. The van der Waals surface area contributed by atoms with Crippen molar-refractivity contribution >= 4 is 33.2 Å². The maximum absolute atomic E-state index is 14.1. The summed E-state index contributed by atoms with van der Waals surface area (Å²) in [6, 6.07) is 7.70. The van der Waals surface area contributed by atoms with Crippen molar-refractivity contribution in [2.75, 3.05) is 39.3 Å². The minimum atomic E-state index is -4.32. The van der Waals surface area contributed by atoms with E-state index in [1.54, 1.807) is 16.2 Å². The number of thiophene rings is 1. The quantitative estimate of drug-likeness (QED) is 0.413. The Morgan fingerprint density at radius 2 is 1.86 bits per heavy atom. The summed E-state index contributed by atoms with van der Waals surface area (Å²) in [7, 11) is -4.32. The van der Waals surface area contributed by atoms with E-state index in [0.717, 1.165) is 21.3 Å². The van der Waals surface area contributed by atoms with Crippen molar-refractivity contribution in [2.45, 2.75) is 66.9 Å². The number of halogens is 1. The van der Waals surface area contributed by atoms with Gasteiger partial charge in [0.05, 0.1) is 36.2 Å². The smallest absolute Gasteiger partial charge is 0.243 e. The summed E-state index contributed by atoms with van der Waals surface area (Å²) in [6.07, 6.45) is -5.73. The lowest BCUT2D eigenvalue weighted by molar-refractivity contribution is -0.144. The number of benzene rings is 1. The minimum Gasteiger partial charge on any atom is -0.388 e. The highest BCUT2D eigenvalue weighted by atomic mass is 32.2. The number of nitrogens with one attached hydrogen (secondary N) is 1. The highest BCUT2D eigenvalue weighted by Crippen LogP contribution is 2.29. The Labute approximate surface area is 253 Å². The molecule has 12 nitrogen and oxygen atoms in total. The number of amides is 2. The van der Waals surface area contributed by atoms with Crippen LogP contribution in [0.3, 0.4) is 0 Å². The Kier molecular flexibility index (Phi) is 8.86. The number of nitrogens with zero attached hydrogens (tertiary/aromatic N) is 3. The summed E-state index contributed by atoms with van der Waals surface area (Å²) in [4.78, 5) is 31.5. The summed E-state index contributed by atoms with van der Waals surface area (Å²) in [6.45, 7) is 1.02. The predicted octanol–water partition coefficient (Wildman–Crippen LogP) is -0.242. The fourth-order valence-corrected chi connectivity index (χ4v) is 8.62. The molecule has 0 radical (unpaired) electrons. The van der Waals surface area contributed by atoms with Crippen LogP contribution >= 0.6 is 11.3 Å². The van der Waals surface area contributed by atoms with E-state index in [1.165, 1.54) is 12.1 Å². The van der Waals surface area contributed by atoms with Crippen molar-refractivity contribution in [3.05, 3.63) is 52.5 Å². The molecule has 2 amide bonds.